The first kappa shape index (κ1) is 21.9. The lowest BCUT2D eigenvalue weighted by Crippen LogP contribution is -2.18. The maximum absolute atomic E-state index is 13.3. The van der Waals surface area contributed by atoms with E-state index >= 15 is 0 Å². The van der Waals surface area contributed by atoms with Crippen LogP contribution in [0, 0.1) is 41.5 Å². The molecule has 2 aromatic carbocycles. The molecule has 7 heteroatoms. The van der Waals surface area contributed by atoms with Gasteiger partial charge in [-0.3, -0.25) is 9.40 Å². The van der Waals surface area contributed by atoms with Crippen LogP contribution in [-0.2, 0) is 16.6 Å². The standard InChI is InChI=1S/C23H29N3O3S/c1-14-11-15(2)17(4)23(16(14)3)30(27,28)25-22-18(5)24-26(19(22)6)13-20-9-8-10-21(12-20)29-7/h8-12,25H,13H2,1-7H3. The first-order valence-electron chi connectivity index (χ1n) is 9.82. The highest BCUT2D eigenvalue weighted by molar-refractivity contribution is 7.92. The van der Waals surface area contributed by atoms with Crippen molar-refractivity contribution in [3.63, 3.8) is 0 Å². The maximum Gasteiger partial charge on any atom is 0.262 e. The molecule has 30 heavy (non-hydrogen) atoms. The predicted octanol–water partition coefficient (Wildman–Crippen LogP) is 4.59. The number of hydrogen-bond donors (Lipinski definition) is 1. The van der Waals surface area contributed by atoms with Crippen molar-refractivity contribution in [3.05, 3.63) is 69.5 Å². The van der Waals surface area contributed by atoms with E-state index in [9.17, 15) is 8.42 Å². The van der Waals surface area contributed by atoms with Gasteiger partial charge in [0.25, 0.3) is 10.0 Å². The van der Waals surface area contributed by atoms with Crippen LogP contribution in [0.4, 0.5) is 5.69 Å². The number of ether oxygens (including phenoxy) is 1. The second-order valence-electron chi connectivity index (χ2n) is 7.75. The van der Waals surface area contributed by atoms with E-state index in [4.69, 9.17) is 4.74 Å². The van der Waals surface area contributed by atoms with Crippen molar-refractivity contribution >= 4 is 15.7 Å². The fourth-order valence-corrected chi connectivity index (χ4v) is 5.51. The summed E-state index contributed by atoms with van der Waals surface area (Å²) in [6, 6.07) is 9.77. The molecular weight excluding hydrogens is 398 g/mol. The highest BCUT2D eigenvalue weighted by atomic mass is 32.2. The summed E-state index contributed by atoms with van der Waals surface area (Å²) in [6.45, 7) is 11.8. The molecule has 0 unspecified atom stereocenters. The molecule has 6 nitrogen and oxygen atoms in total. The highest BCUT2D eigenvalue weighted by Gasteiger charge is 2.25. The Balaban J connectivity index is 1.98. The Bertz CT molecular complexity index is 1180. The molecule has 0 aliphatic heterocycles. The molecule has 0 bridgehead atoms. The minimum atomic E-state index is -3.76. The highest BCUT2D eigenvalue weighted by Crippen LogP contribution is 2.30. The van der Waals surface area contributed by atoms with Gasteiger partial charge >= 0.3 is 0 Å². The monoisotopic (exact) mass is 427 g/mol. The summed E-state index contributed by atoms with van der Waals surface area (Å²) in [5.41, 5.74) is 6.40. The zero-order valence-corrected chi connectivity index (χ0v) is 19.4. The smallest absolute Gasteiger partial charge is 0.262 e. The van der Waals surface area contributed by atoms with Gasteiger partial charge in [0.05, 0.1) is 35.6 Å². The fraction of sp³-hybridized carbons (Fsp3) is 0.348. The summed E-state index contributed by atoms with van der Waals surface area (Å²) in [5, 5.41) is 4.57. The summed E-state index contributed by atoms with van der Waals surface area (Å²) >= 11 is 0. The molecule has 0 saturated heterocycles. The lowest BCUT2D eigenvalue weighted by Gasteiger charge is -2.17. The number of nitrogens with zero attached hydrogens (tertiary/aromatic N) is 2. The summed E-state index contributed by atoms with van der Waals surface area (Å²) in [5.74, 6) is 0.774. The third-order valence-electron chi connectivity index (χ3n) is 5.65. The largest absolute Gasteiger partial charge is 0.497 e. The molecule has 1 aromatic heterocycles. The van der Waals surface area contributed by atoms with Crippen molar-refractivity contribution < 1.29 is 13.2 Å². The van der Waals surface area contributed by atoms with Crippen LogP contribution in [0.2, 0.25) is 0 Å². The van der Waals surface area contributed by atoms with E-state index in [1.807, 2.05) is 76.6 Å². The van der Waals surface area contributed by atoms with Gasteiger partial charge < -0.3 is 4.74 Å². The minimum Gasteiger partial charge on any atom is -0.497 e. The number of benzene rings is 2. The van der Waals surface area contributed by atoms with Crippen molar-refractivity contribution in [1.29, 1.82) is 0 Å². The van der Waals surface area contributed by atoms with Crippen molar-refractivity contribution in [2.75, 3.05) is 11.8 Å². The Hall–Kier alpha value is -2.80. The van der Waals surface area contributed by atoms with Gasteiger partial charge in [0.15, 0.2) is 0 Å². The summed E-state index contributed by atoms with van der Waals surface area (Å²) in [7, 11) is -2.13. The third-order valence-corrected chi connectivity index (χ3v) is 7.27. The number of anilines is 1. The number of hydrogen-bond acceptors (Lipinski definition) is 4. The molecule has 3 rings (SSSR count). The topological polar surface area (TPSA) is 73.2 Å². The van der Waals surface area contributed by atoms with Crippen LogP contribution in [-0.4, -0.2) is 25.3 Å². The van der Waals surface area contributed by atoms with E-state index < -0.39 is 10.0 Å². The maximum atomic E-state index is 13.3. The average molecular weight is 428 g/mol. The van der Waals surface area contributed by atoms with Crippen LogP contribution >= 0.6 is 0 Å². The van der Waals surface area contributed by atoms with Crippen LogP contribution in [0.5, 0.6) is 5.75 Å². The average Bonchev–Trinajstić information content (AvgIpc) is 2.93. The molecule has 0 amide bonds. The number of aryl methyl sites for hydroxylation is 3. The van der Waals surface area contributed by atoms with Gasteiger partial charge in [-0.15, -0.1) is 0 Å². The number of rotatable bonds is 6. The summed E-state index contributed by atoms with van der Waals surface area (Å²) in [4.78, 5) is 0.347. The lowest BCUT2D eigenvalue weighted by atomic mass is 10.0. The Morgan fingerprint density at radius 3 is 2.23 bits per heavy atom. The normalized spacial score (nSPS) is 11.6. The minimum absolute atomic E-state index is 0.347. The molecule has 1 heterocycles. The fourth-order valence-electron chi connectivity index (χ4n) is 3.71. The van der Waals surface area contributed by atoms with Crippen molar-refractivity contribution in [2.24, 2.45) is 0 Å². The van der Waals surface area contributed by atoms with Crippen LogP contribution in [0.1, 0.15) is 39.2 Å². The summed E-state index contributed by atoms with van der Waals surface area (Å²) < 4.78 is 36.6. The van der Waals surface area contributed by atoms with Crippen LogP contribution in [0.3, 0.4) is 0 Å². The Labute approximate surface area is 178 Å². The van der Waals surface area contributed by atoms with E-state index in [1.54, 1.807) is 7.11 Å². The third kappa shape index (κ3) is 4.07. The van der Waals surface area contributed by atoms with Gasteiger partial charge in [-0.1, -0.05) is 18.2 Å². The quantitative estimate of drug-likeness (QED) is 0.624. The summed E-state index contributed by atoms with van der Waals surface area (Å²) in [6.07, 6.45) is 0. The van der Waals surface area contributed by atoms with Crippen molar-refractivity contribution in [1.82, 2.24) is 9.78 Å². The van der Waals surface area contributed by atoms with Crippen LogP contribution < -0.4 is 9.46 Å². The number of nitrogens with one attached hydrogen (secondary N) is 1. The SMILES string of the molecule is COc1cccc(Cn2nc(C)c(NS(=O)(=O)c3c(C)c(C)cc(C)c3C)c2C)c1. The molecular formula is C23H29N3O3S. The molecule has 0 saturated carbocycles. The van der Waals surface area contributed by atoms with Gasteiger partial charge in [-0.25, -0.2) is 8.42 Å². The molecule has 0 aliphatic carbocycles. The Kier molecular flexibility index (Phi) is 5.94. The molecule has 0 fully saturated rings. The van der Waals surface area contributed by atoms with Gasteiger partial charge in [0.1, 0.15) is 5.75 Å². The van der Waals surface area contributed by atoms with Gasteiger partial charge in [-0.05, 0) is 81.5 Å². The lowest BCUT2D eigenvalue weighted by molar-refractivity contribution is 0.414. The van der Waals surface area contributed by atoms with Gasteiger partial charge in [-0.2, -0.15) is 5.10 Å². The Morgan fingerprint density at radius 2 is 1.63 bits per heavy atom. The Morgan fingerprint density at radius 1 is 1.00 bits per heavy atom. The zero-order valence-electron chi connectivity index (χ0n) is 18.6. The van der Waals surface area contributed by atoms with Crippen LogP contribution in [0.15, 0.2) is 35.2 Å². The van der Waals surface area contributed by atoms with Crippen molar-refractivity contribution in [2.45, 2.75) is 53.0 Å². The molecule has 0 aliphatic rings. The second-order valence-corrected chi connectivity index (χ2v) is 9.37. The molecule has 0 radical (unpaired) electrons. The van der Waals surface area contributed by atoms with Crippen LogP contribution in [0.25, 0.3) is 0 Å². The molecule has 160 valence electrons. The van der Waals surface area contributed by atoms with E-state index in [0.717, 1.165) is 39.3 Å². The number of aromatic nitrogens is 2. The first-order chi connectivity index (χ1) is 14.0. The number of sulfonamides is 1. The molecule has 3 aromatic rings. The first-order valence-corrected chi connectivity index (χ1v) is 11.3. The number of methoxy groups -OCH3 is 1. The second kappa shape index (κ2) is 8.14. The van der Waals surface area contributed by atoms with E-state index in [1.165, 1.54) is 0 Å². The zero-order chi connectivity index (χ0) is 22.2. The molecule has 0 atom stereocenters. The predicted molar refractivity (Wildman–Crippen MR) is 120 cm³/mol. The van der Waals surface area contributed by atoms with Gasteiger partial charge in [0, 0.05) is 0 Å². The van der Waals surface area contributed by atoms with Crippen molar-refractivity contribution in [3.8, 4) is 5.75 Å². The molecule has 1 N–H and O–H groups in total. The van der Waals surface area contributed by atoms with E-state index in [0.29, 0.717) is 22.8 Å². The van der Waals surface area contributed by atoms with E-state index in [2.05, 4.69) is 9.82 Å². The van der Waals surface area contributed by atoms with Gasteiger partial charge in [0.2, 0.25) is 0 Å². The molecule has 0 spiro atoms. The van der Waals surface area contributed by atoms with E-state index in [-0.39, 0.29) is 0 Å².